The lowest BCUT2D eigenvalue weighted by Crippen LogP contribution is -2.55. The van der Waals surface area contributed by atoms with Gasteiger partial charge in [-0.1, -0.05) is 5.16 Å². The van der Waals surface area contributed by atoms with Crippen LogP contribution in [0.4, 0.5) is 22.4 Å². The van der Waals surface area contributed by atoms with E-state index in [1.165, 1.54) is 28.7 Å². The number of amides is 3. The number of imidazole rings is 1. The van der Waals surface area contributed by atoms with Crippen molar-refractivity contribution >= 4 is 23.7 Å². The molecule has 4 heterocycles. The van der Waals surface area contributed by atoms with E-state index < -0.39 is 59.3 Å². The smallest absolute Gasteiger partial charge is 0.410 e. The average molecular weight is 682 g/mol. The number of ether oxygens (including phenoxy) is 1. The minimum absolute atomic E-state index is 0.0322. The highest BCUT2D eigenvalue weighted by molar-refractivity contribution is 5.93. The van der Waals surface area contributed by atoms with Crippen LogP contribution in [0.3, 0.4) is 0 Å². The van der Waals surface area contributed by atoms with E-state index in [0.29, 0.717) is 6.92 Å². The van der Waals surface area contributed by atoms with Crippen molar-refractivity contribution in [3.63, 3.8) is 0 Å². The quantitative estimate of drug-likeness (QED) is 0.330. The second-order valence-corrected chi connectivity index (χ2v) is 13.7. The molecule has 18 heteroatoms. The first-order valence-electron chi connectivity index (χ1n) is 15.7. The van der Waals surface area contributed by atoms with Gasteiger partial charge in [0.2, 0.25) is 11.8 Å². The van der Waals surface area contributed by atoms with Gasteiger partial charge < -0.3 is 20.3 Å². The number of nitrogens with one attached hydrogen (secondary N) is 2. The number of likely N-dealkylation sites (tertiary alicyclic amines) is 1. The monoisotopic (exact) mass is 681 g/mol. The number of fused-ring (bicyclic) bond motifs is 1. The van der Waals surface area contributed by atoms with Gasteiger partial charge in [0.25, 0.3) is 17.6 Å². The van der Waals surface area contributed by atoms with Gasteiger partial charge in [0, 0.05) is 32.9 Å². The van der Waals surface area contributed by atoms with Crippen molar-refractivity contribution in [2.24, 2.45) is 5.92 Å². The maximum absolute atomic E-state index is 14.1. The van der Waals surface area contributed by atoms with Gasteiger partial charge in [0.1, 0.15) is 11.3 Å². The van der Waals surface area contributed by atoms with E-state index in [1.807, 2.05) is 0 Å². The summed E-state index contributed by atoms with van der Waals surface area (Å²) in [4.78, 5) is 50.2. The van der Waals surface area contributed by atoms with Crippen molar-refractivity contribution in [3.05, 3.63) is 35.2 Å². The van der Waals surface area contributed by atoms with Gasteiger partial charge in [-0.15, -0.1) is 0 Å². The molecule has 0 spiro atoms. The van der Waals surface area contributed by atoms with Crippen molar-refractivity contribution in [2.75, 3.05) is 19.6 Å². The Morgan fingerprint density at radius 2 is 1.73 bits per heavy atom. The number of aryl methyl sites for hydroxylation is 1. The molecule has 2 aliphatic rings. The molecule has 2 fully saturated rings. The van der Waals surface area contributed by atoms with Crippen LogP contribution in [-0.4, -0.2) is 89.8 Å². The van der Waals surface area contributed by atoms with Gasteiger partial charge >= 0.3 is 6.09 Å². The third-order valence-corrected chi connectivity index (χ3v) is 8.67. The molecule has 0 unspecified atom stereocenters. The van der Waals surface area contributed by atoms with Crippen molar-refractivity contribution in [1.29, 1.82) is 0 Å². The van der Waals surface area contributed by atoms with Crippen LogP contribution in [0.5, 0.6) is 0 Å². The molecule has 5 rings (SSSR count). The number of hydrogen-bond donors (Lipinski definition) is 2. The molecule has 2 N–H and O–H groups in total. The number of rotatable bonds is 8. The van der Waals surface area contributed by atoms with Crippen LogP contribution in [0.2, 0.25) is 0 Å². The Kier molecular flexibility index (Phi) is 9.40. The van der Waals surface area contributed by atoms with E-state index in [2.05, 4.69) is 40.6 Å². The van der Waals surface area contributed by atoms with Gasteiger partial charge in [-0.05, 0) is 64.5 Å². The summed E-state index contributed by atoms with van der Waals surface area (Å²) >= 11 is 0. The fourth-order valence-corrected chi connectivity index (χ4v) is 6.05. The zero-order valence-electron chi connectivity index (χ0n) is 27.4. The van der Waals surface area contributed by atoms with Gasteiger partial charge in [-0.2, -0.15) is 5.10 Å². The molecule has 3 aromatic rings. The van der Waals surface area contributed by atoms with Crippen LogP contribution in [0.25, 0.3) is 5.78 Å². The minimum Gasteiger partial charge on any atom is -0.444 e. The summed E-state index contributed by atoms with van der Waals surface area (Å²) in [5.74, 6) is -7.71. The Bertz CT molecular complexity index is 1650. The van der Waals surface area contributed by atoms with Crippen LogP contribution in [0.1, 0.15) is 99.8 Å². The Labute approximate surface area is 273 Å². The second-order valence-electron chi connectivity index (χ2n) is 13.7. The molecule has 0 aromatic carbocycles. The number of halogens is 4. The summed E-state index contributed by atoms with van der Waals surface area (Å²) < 4.78 is 67.1. The number of carbonyl (C=O) groups excluding carboxylic acids is 3. The van der Waals surface area contributed by atoms with Crippen LogP contribution in [0, 0.1) is 12.8 Å². The molecule has 48 heavy (non-hydrogen) atoms. The molecule has 0 bridgehead atoms. The topological polar surface area (TPSA) is 170 Å². The molecule has 3 amide bonds. The number of carbonyl (C=O) groups is 3. The van der Waals surface area contributed by atoms with Crippen LogP contribution < -0.4 is 10.6 Å². The summed E-state index contributed by atoms with van der Waals surface area (Å²) in [6, 6.07) is -0.835. The zero-order chi connectivity index (χ0) is 35.1. The molecule has 1 aliphatic carbocycles. The van der Waals surface area contributed by atoms with Crippen LogP contribution in [-0.2, 0) is 14.9 Å². The maximum atomic E-state index is 14.1. The molecule has 1 saturated carbocycles. The third-order valence-electron chi connectivity index (χ3n) is 8.67. The maximum Gasteiger partial charge on any atom is 0.410 e. The van der Waals surface area contributed by atoms with Crippen molar-refractivity contribution in [2.45, 2.75) is 102 Å². The normalized spacial score (nSPS) is 19.1. The van der Waals surface area contributed by atoms with E-state index in [1.54, 1.807) is 20.8 Å². The van der Waals surface area contributed by atoms with Gasteiger partial charge in [0.05, 0.1) is 41.8 Å². The van der Waals surface area contributed by atoms with Crippen molar-refractivity contribution in [3.8, 4) is 0 Å². The van der Waals surface area contributed by atoms with Crippen LogP contribution in [0.15, 0.2) is 17.0 Å². The predicted molar refractivity (Wildman–Crippen MR) is 159 cm³/mol. The highest BCUT2D eigenvalue weighted by Gasteiger charge is 2.47. The number of alkyl halides is 4. The number of nitrogens with zero attached hydrogens (tertiary/aromatic N) is 7. The minimum atomic E-state index is -3.18. The molecule has 3 aromatic heterocycles. The molecular weight excluding hydrogens is 642 g/mol. The lowest BCUT2D eigenvalue weighted by atomic mass is 9.74. The van der Waals surface area contributed by atoms with E-state index in [0.717, 1.165) is 0 Å². The summed E-state index contributed by atoms with van der Waals surface area (Å²) in [5, 5.41) is 16.8. The average Bonchev–Trinajstić information content (AvgIpc) is 3.63. The first kappa shape index (κ1) is 34.9. The van der Waals surface area contributed by atoms with Gasteiger partial charge in [-0.3, -0.25) is 9.59 Å². The molecule has 1 atom stereocenters. The Morgan fingerprint density at radius 1 is 1.06 bits per heavy atom. The number of piperidine rings is 1. The Balaban J connectivity index is 1.47. The SMILES string of the molecule is Cc1nonc1C(=O)N[C@H](c1cn2ncc(C3(C(=O)NCC(C)(F)F)CCN(C(=O)OC(C)(C)C)CC3)nc2n1)C1CCC(F)(F)CC1. The first-order valence-corrected chi connectivity index (χ1v) is 15.7. The summed E-state index contributed by atoms with van der Waals surface area (Å²) in [6.07, 6.45) is 1.83. The van der Waals surface area contributed by atoms with Gasteiger partial charge in [0.15, 0.2) is 5.69 Å². The predicted octanol–water partition coefficient (Wildman–Crippen LogP) is 4.15. The van der Waals surface area contributed by atoms with E-state index in [9.17, 15) is 31.9 Å². The van der Waals surface area contributed by atoms with E-state index >= 15 is 0 Å². The van der Waals surface area contributed by atoms with Gasteiger partial charge in [-0.25, -0.2) is 41.5 Å². The number of aromatic nitrogens is 6. The lowest BCUT2D eigenvalue weighted by molar-refractivity contribution is -0.130. The second kappa shape index (κ2) is 12.9. The lowest BCUT2D eigenvalue weighted by Gasteiger charge is -2.40. The molecule has 262 valence electrons. The molecule has 14 nitrogen and oxygen atoms in total. The standard InChI is InChI=1S/C30H39F4N9O5/c1-17-21(41-48-40-17)23(44)39-22(18-6-8-30(33,34)9-7-18)19-15-43-25(37-19)38-20(14-36-43)29(24(45)35-16-28(5,31)32)10-12-42(13-11-29)26(46)47-27(2,3)4/h14-15,18,22H,6-13,16H2,1-5H3,(H,35,45)(H,39,44)/t22-/m0/s1. The van der Waals surface area contributed by atoms with Crippen molar-refractivity contribution < 1.29 is 41.3 Å². The zero-order valence-corrected chi connectivity index (χ0v) is 27.4. The molecule has 0 radical (unpaired) electrons. The Morgan fingerprint density at radius 3 is 2.31 bits per heavy atom. The molecular formula is C30H39F4N9O5. The molecule has 1 aliphatic heterocycles. The highest BCUT2D eigenvalue weighted by atomic mass is 19.3. The summed E-state index contributed by atoms with van der Waals surface area (Å²) in [7, 11) is 0. The largest absolute Gasteiger partial charge is 0.444 e. The highest BCUT2D eigenvalue weighted by Crippen LogP contribution is 2.42. The van der Waals surface area contributed by atoms with Crippen molar-refractivity contribution in [1.82, 2.24) is 45.4 Å². The number of hydrogen-bond acceptors (Lipinski definition) is 10. The third kappa shape index (κ3) is 7.84. The fourth-order valence-electron chi connectivity index (χ4n) is 6.05. The summed E-state index contributed by atoms with van der Waals surface area (Å²) in [6.45, 7) is 6.66. The fraction of sp³-hybridized carbons (Fsp3) is 0.667. The van der Waals surface area contributed by atoms with E-state index in [-0.39, 0.29) is 80.2 Å². The first-order chi connectivity index (χ1) is 22.4. The van der Waals surface area contributed by atoms with Crippen LogP contribution >= 0.6 is 0 Å². The van der Waals surface area contributed by atoms with E-state index in [4.69, 9.17) is 4.74 Å². The Hall–Kier alpha value is -4.38. The molecule has 1 saturated heterocycles. The summed E-state index contributed by atoms with van der Waals surface area (Å²) in [5.41, 5.74) is -1.57.